The van der Waals surface area contributed by atoms with Gasteiger partial charge >= 0.3 is 0 Å². The van der Waals surface area contributed by atoms with Gasteiger partial charge < -0.3 is 10.4 Å². The zero-order chi connectivity index (χ0) is 13.7. The number of rotatable bonds is 4. The number of carbonyl (C=O) groups is 1. The number of amides is 1. The molecule has 2 rings (SSSR count). The highest BCUT2D eigenvalue weighted by atomic mass is 16.2. The number of hydrogen-bond acceptors (Lipinski definition) is 2. The Morgan fingerprint density at radius 2 is 1.89 bits per heavy atom. The van der Waals surface area contributed by atoms with Gasteiger partial charge in [-0.3, -0.25) is 4.79 Å². The third kappa shape index (κ3) is 3.66. The Kier molecular flexibility index (Phi) is 4.31. The minimum Gasteiger partial charge on any atom is -0.396 e. The van der Waals surface area contributed by atoms with Gasteiger partial charge in [0, 0.05) is 17.9 Å². The quantitative estimate of drug-likeness (QED) is 0.882. The van der Waals surface area contributed by atoms with Gasteiger partial charge in [-0.05, 0) is 43.2 Å². The molecule has 0 fully saturated rings. The Labute approximate surface area is 112 Å². The van der Waals surface area contributed by atoms with Crippen molar-refractivity contribution in [2.45, 2.75) is 13.3 Å². The van der Waals surface area contributed by atoms with E-state index < -0.39 is 0 Å². The van der Waals surface area contributed by atoms with Crippen LogP contribution in [0, 0.1) is 6.92 Å². The maximum absolute atomic E-state index is 12.0. The molecule has 0 atom stereocenters. The van der Waals surface area contributed by atoms with Gasteiger partial charge in [0.25, 0.3) is 5.91 Å². The SMILES string of the molecule is Cc1cccc(C(=O)Nc2ccc(CCO)cc2)c1. The number of nitrogens with one attached hydrogen (secondary N) is 1. The molecule has 0 saturated carbocycles. The van der Waals surface area contributed by atoms with Crippen molar-refractivity contribution in [3.8, 4) is 0 Å². The normalized spacial score (nSPS) is 10.2. The Hall–Kier alpha value is -2.13. The summed E-state index contributed by atoms with van der Waals surface area (Å²) >= 11 is 0. The van der Waals surface area contributed by atoms with E-state index in [1.54, 1.807) is 6.07 Å². The minimum atomic E-state index is -0.112. The molecule has 0 aliphatic carbocycles. The second-order valence-electron chi connectivity index (χ2n) is 4.49. The number of aliphatic hydroxyl groups excluding tert-OH is 1. The highest BCUT2D eigenvalue weighted by Gasteiger charge is 2.05. The first-order chi connectivity index (χ1) is 9.19. The summed E-state index contributed by atoms with van der Waals surface area (Å²) in [4.78, 5) is 12.0. The smallest absolute Gasteiger partial charge is 0.255 e. The molecule has 2 aromatic carbocycles. The van der Waals surface area contributed by atoms with E-state index in [9.17, 15) is 4.79 Å². The van der Waals surface area contributed by atoms with Crippen LogP contribution in [0.15, 0.2) is 48.5 Å². The molecule has 0 saturated heterocycles. The first-order valence-corrected chi connectivity index (χ1v) is 6.27. The van der Waals surface area contributed by atoms with Gasteiger partial charge in [0.05, 0.1) is 0 Å². The van der Waals surface area contributed by atoms with Crippen LogP contribution in [0.3, 0.4) is 0 Å². The predicted octanol–water partition coefficient (Wildman–Crippen LogP) is 2.78. The number of aliphatic hydroxyl groups is 1. The third-order valence-corrected chi connectivity index (χ3v) is 2.89. The average Bonchev–Trinajstić information content (AvgIpc) is 2.41. The molecule has 1 amide bonds. The lowest BCUT2D eigenvalue weighted by Crippen LogP contribution is -2.11. The molecule has 0 unspecified atom stereocenters. The van der Waals surface area contributed by atoms with Gasteiger partial charge in [0.1, 0.15) is 0 Å². The van der Waals surface area contributed by atoms with Gasteiger partial charge in [-0.25, -0.2) is 0 Å². The van der Waals surface area contributed by atoms with E-state index in [1.807, 2.05) is 49.4 Å². The Morgan fingerprint density at radius 3 is 2.53 bits per heavy atom. The fraction of sp³-hybridized carbons (Fsp3) is 0.188. The van der Waals surface area contributed by atoms with Crippen LogP contribution in [0.2, 0.25) is 0 Å². The second-order valence-corrected chi connectivity index (χ2v) is 4.49. The first-order valence-electron chi connectivity index (χ1n) is 6.27. The number of aryl methyl sites for hydroxylation is 1. The number of anilines is 1. The fourth-order valence-electron chi connectivity index (χ4n) is 1.87. The van der Waals surface area contributed by atoms with E-state index in [1.165, 1.54) is 0 Å². The van der Waals surface area contributed by atoms with Crippen molar-refractivity contribution in [1.82, 2.24) is 0 Å². The van der Waals surface area contributed by atoms with E-state index in [0.717, 1.165) is 16.8 Å². The van der Waals surface area contributed by atoms with Crippen molar-refractivity contribution in [2.75, 3.05) is 11.9 Å². The standard InChI is InChI=1S/C16H17NO2/c1-12-3-2-4-14(11-12)16(19)17-15-7-5-13(6-8-15)9-10-18/h2-8,11,18H,9-10H2,1H3,(H,17,19). The molecule has 0 bridgehead atoms. The lowest BCUT2D eigenvalue weighted by Gasteiger charge is -2.07. The lowest BCUT2D eigenvalue weighted by atomic mass is 10.1. The summed E-state index contributed by atoms with van der Waals surface area (Å²) in [6.45, 7) is 2.09. The Morgan fingerprint density at radius 1 is 1.16 bits per heavy atom. The molecular weight excluding hydrogens is 238 g/mol. The average molecular weight is 255 g/mol. The zero-order valence-corrected chi connectivity index (χ0v) is 10.9. The molecule has 2 aromatic rings. The van der Waals surface area contributed by atoms with Crippen molar-refractivity contribution in [3.63, 3.8) is 0 Å². The second kappa shape index (κ2) is 6.16. The van der Waals surface area contributed by atoms with Crippen molar-refractivity contribution in [3.05, 3.63) is 65.2 Å². The third-order valence-electron chi connectivity index (χ3n) is 2.89. The summed E-state index contributed by atoms with van der Waals surface area (Å²) in [5, 5.41) is 11.7. The van der Waals surface area contributed by atoms with Crippen molar-refractivity contribution >= 4 is 11.6 Å². The topological polar surface area (TPSA) is 49.3 Å². The monoisotopic (exact) mass is 255 g/mol. The van der Waals surface area contributed by atoms with Crippen LogP contribution in [0.4, 0.5) is 5.69 Å². The molecule has 98 valence electrons. The van der Waals surface area contributed by atoms with Crippen LogP contribution in [0.5, 0.6) is 0 Å². The molecule has 0 radical (unpaired) electrons. The summed E-state index contributed by atoms with van der Waals surface area (Å²) in [6, 6.07) is 15.0. The fourth-order valence-corrected chi connectivity index (χ4v) is 1.87. The molecule has 3 nitrogen and oxygen atoms in total. The molecule has 0 heterocycles. The number of carbonyl (C=O) groups excluding carboxylic acids is 1. The van der Waals surface area contributed by atoms with Crippen LogP contribution >= 0.6 is 0 Å². The summed E-state index contributed by atoms with van der Waals surface area (Å²) in [5.74, 6) is -0.112. The van der Waals surface area contributed by atoms with E-state index in [-0.39, 0.29) is 12.5 Å². The molecular formula is C16H17NO2. The van der Waals surface area contributed by atoms with Gasteiger partial charge in [-0.15, -0.1) is 0 Å². The van der Waals surface area contributed by atoms with Crippen LogP contribution in [-0.4, -0.2) is 17.6 Å². The summed E-state index contributed by atoms with van der Waals surface area (Å²) in [5.41, 5.74) is 3.52. The molecule has 0 aromatic heterocycles. The Bertz CT molecular complexity index is 561. The first kappa shape index (κ1) is 13.3. The largest absolute Gasteiger partial charge is 0.396 e. The van der Waals surface area contributed by atoms with Crippen LogP contribution in [-0.2, 0) is 6.42 Å². The van der Waals surface area contributed by atoms with Gasteiger partial charge in [-0.1, -0.05) is 29.8 Å². The number of benzene rings is 2. The Balaban J connectivity index is 2.06. The van der Waals surface area contributed by atoms with Crippen molar-refractivity contribution in [1.29, 1.82) is 0 Å². The summed E-state index contributed by atoms with van der Waals surface area (Å²) in [7, 11) is 0. The number of hydrogen-bond donors (Lipinski definition) is 2. The maximum atomic E-state index is 12.0. The molecule has 2 N–H and O–H groups in total. The van der Waals surface area contributed by atoms with Gasteiger partial charge in [-0.2, -0.15) is 0 Å². The zero-order valence-electron chi connectivity index (χ0n) is 10.9. The van der Waals surface area contributed by atoms with Crippen molar-refractivity contribution < 1.29 is 9.90 Å². The van der Waals surface area contributed by atoms with Gasteiger partial charge in [0.15, 0.2) is 0 Å². The predicted molar refractivity (Wildman–Crippen MR) is 76.4 cm³/mol. The van der Waals surface area contributed by atoms with Crippen LogP contribution in [0.25, 0.3) is 0 Å². The highest BCUT2D eigenvalue weighted by Crippen LogP contribution is 2.12. The molecule has 0 spiro atoms. The molecule has 3 heteroatoms. The summed E-state index contributed by atoms with van der Waals surface area (Å²) < 4.78 is 0. The van der Waals surface area contributed by atoms with Crippen LogP contribution in [0.1, 0.15) is 21.5 Å². The van der Waals surface area contributed by atoms with Crippen molar-refractivity contribution in [2.24, 2.45) is 0 Å². The van der Waals surface area contributed by atoms with Crippen LogP contribution < -0.4 is 5.32 Å². The van der Waals surface area contributed by atoms with E-state index in [4.69, 9.17) is 5.11 Å². The van der Waals surface area contributed by atoms with E-state index in [2.05, 4.69) is 5.32 Å². The molecule has 0 aliphatic heterocycles. The summed E-state index contributed by atoms with van der Waals surface area (Å²) in [6.07, 6.45) is 0.631. The lowest BCUT2D eigenvalue weighted by molar-refractivity contribution is 0.102. The minimum absolute atomic E-state index is 0.112. The van der Waals surface area contributed by atoms with E-state index >= 15 is 0 Å². The highest BCUT2D eigenvalue weighted by molar-refractivity contribution is 6.04. The van der Waals surface area contributed by atoms with E-state index in [0.29, 0.717) is 12.0 Å². The molecule has 0 aliphatic rings. The van der Waals surface area contributed by atoms with Gasteiger partial charge in [0.2, 0.25) is 0 Å². The maximum Gasteiger partial charge on any atom is 0.255 e. The molecule has 19 heavy (non-hydrogen) atoms.